The molecule has 0 aliphatic heterocycles. The lowest BCUT2D eigenvalue weighted by atomic mass is 10.1. The number of esters is 1. The van der Waals surface area contributed by atoms with Crippen molar-refractivity contribution in [3.8, 4) is 17.6 Å². The molecule has 6 heteroatoms. The van der Waals surface area contributed by atoms with E-state index in [4.69, 9.17) is 32.7 Å². The lowest BCUT2D eigenvalue weighted by molar-refractivity contribution is -0.149. The van der Waals surface area contributed by atoms with Crippen molar-refractivity contribution in [2.75, 3.05) is 0 Å². The Kier molecular flexibility index (Phi) is 6.17. The molecule has 146 valence electrons. The Hall–Kier alpha value is -2.22. The molecule has 2 aromatic carbocycles. The second-order valence-electron chi connectivity index (χ2n) is 7.47. The van der Waals surface area contributed by atoms with Gasteiger partial charge in [0.2, 0.25) is 6.10 Å². The van der Waals surface area contributed by atoms with Crippen molar-refractivity contribution in [1.82, 2.24) is 0 Å². The maximum Gasteiger partial charge on any atom is 0.311 e. The maximum absolute atomic E-state index is 12.6. The summed E-state index contributed by atoms with van der Waals surface area (Å²) in [6.45, 7) is 3.96. The minimum atomic E-state index is -1.01. The third kappa shape index (κ3) is 4.60. The second kappa shape index (κ2) is 8.43. The quantitative estimate of drug-likeness (QED) is 0.406. The van der Waals surface area contributed by atoms with Gasteiger partial charge in [0.05, 0.1) is 5.92 Å². The topological polar surface area (TPSA) is 59.3 Å². The van der Waals surface area contributed by atoms with Gasteiger partial charge in [0.1, 0.15) is 22.4 Å². The molecule has 1 aliphatic carbocycles. The third-order valence-electron chi connectivity index (χ3n) is 5.23. The molecule has 0 bridgehead atoms. The first kappa shape index (κ1) is 20.5. The number of rotatable bonds is 7. The first-order valence-corrected chi connectivity index (χ1v) is 9.91. The third-order valence-corrected chi connectivity index (χ3v) is 5.58. The molecule has 0 aromatic heterocycles. The molecular weight excluding hydrogens is 397 g/mol. The van der Waals surface area contributed by atoms with Gasteiger partial charge >= 0.3 is 5.97 Å². The van der Waals surface area contributed by atoms with Gasteiger partial charge in [0.15, 0.2) is 0 Å². The van der Waals surface area contributed by atoms with Gasteiger partial charge in [-0.05, 0) is 42.0 Å². The van der Waals surface area contributed by atoms with Crippen LogP contribution in [0.2, 0.25) is 0 Å². The highest BCUT2D eigenvalue weighted by Crippen LogP contribution is 2.61. The van der Waals surface area contributed by atoms with Crippen molar-refractivity contribution in [3.05, 3.63) is 60.2 Å². The Morgan fingerprint density at radius 2 is 1.82 bits per heavy atom. The summed E-state index contributed by atoms with van der Waals surface area (Å²) in [5, 5.41) is 9.54. The van der Waals surface area contributed by atoms with Crippen LogP contribution in [0, 0.1) is 28.6 Å². The molecule has 28 heavy (non-hydrogen) atoms. The molecule has 0 unspecified atom stereocenters. The number of halogens is 2. The van der Waals surface area contributed by atoms with Crippen molar-refractivity contribution in [2.24, 2.45) is 17.3 Å². The van der Waals surface area contributed by atoms with Crippen LogP contribution in [0.5, 0.6) is 11.5 Å². The number of para-hydroxylation sites is 1. The summed E-state index contributed by atoms with van der Waals surface area (Å²) >= 11 is 11.7. The largest absolute Gasteiger partial charge is 0.457 e. The Balaban J connectivity index is 1.70. The standard InChI is InChI=1S/C22H21Cl2NO3/c1-22(2)17(12-19(23)24)20(22)21(26)28-18(13-25)14-7-6-10-16(11-14)27-15-8-4-3-5-9-15/h3-11,17-20H,12H2,1-2H3/t17-,18+,20-/m0/s1. The van der Waals surface area contributed by atoms with Gasteiger partial charge in [-0.15, -0.1) is 23.2 Å². The molecule has 3 rings (SSSR count). The minimum Gasteiger partial charge on any atom is -0.457 e. The summed E-state index contributed by atoms with van der Waals surface area (Å²) in [6, 6.07) is 18.4. The first-order chi connectivity index (χ1) is 13.3. The molecule has 0 N–H and O–H groups in total. The van der Waals surface area contributed by atoms with Gasteiger partial charge in [0.25, 0.3) is 0 Å². The summed E-state index contributed by atoms with van der Waals surface area (Å²) < 4.78 is 11.3. The number of carbonyl (C=O) groups excluding carboxylic acids is 1. The van der Waals surface area contributed by atoms with Crippen molar-refractivity contribution in [2.45, 2.75) is 31.2 Å². The normalized spacial score (nSPS) is 20.9. The van der Waals surface area contributed by atoms with Crippen molar-refractivity contribution < 1.29 is 14.3 Å². The summed E-state index contributed by atoms with van der Waals surface area (Å²) in [7, 11) is 0. The molecule has 0 amide bonds. The zero-order valence-electron chi connectivity index (χ0n) is 15.6. The van der Waals surface area contributed by atoms with Crippen molar-refractivity contribution >= 4 is 29.2 Å². The van der Waals surface area contributed by atoms with E-state index in [1.807, 2.05) is 44.2 Å². The van der Waals surface area contributed by atoms with Gasteiger partial charge in [0, 0.05) is 5.56 Å². The lowest BCUT2D eigenvalue weighted by Crippen LogP contribution is -2.14. The van der Waals surface area contributed by atoms with E-state index in [2.05, 4.69) is 6.07 Å². The molecule has 0 spiro atoms. The number of nitriles is 1. The van der Waals surface area contributed by atoms with E-state index in [0.29, 0.717) is 23.5 Å². The SMILES string of the molecule is CC1(C)[C@H](C(=O)O[C@H](C#N)c2cccc(Oc3ccccc3)c2)[C@@H]1CC(Cl)Cl. The van der Waals surface area contributed by atoms with E-state index in [9.17, 15) is 10.1 Å². The van der Waals surface area contributed by atoms with Gasteiger partial charge in [-0.3, -0.25) is 4.79 Å². The zero-order valence-corrected chi connectivity index (χ0v) is 17.2. The minimum absolute atomic E-state index is 0.0482. The van der Waals surface area contributed by atoms with Crippen LogP contribution >= 0.6 is 23.2 Å². The van der Waals surface area contributed by atoms with E-state index in [1.54, 1.807) is 24.3 Å². The van der Waals surface area contributed by atoms with Gasteiger partial charge < -0.3 is 9.47 Å². The summed E-state index contributed by atoms with van der Waals surface area (Å²) in [6.07, 6.45) is -0.486. The molecule has 1 saturated carbocycles. The predicted molar refractivity (Wildman–Crippen MR) is 108 cm³/mol. The van der Waals surface area contributed by atoms with Crippen LogP contribution < -0.4 is 4.74 Å². The van der Waals surface area contributed by atoms with Crippen LogP contribution in [-0.2, 0) is 9.53 Å². The Bertz CT molecular complexity index is 877. The average Bonchev–Trinajstić information content (AvgIpc) is 3.20. The van der Waals surface area contributed by atoms with E-state index in [0.717, 1.165) is 0 Å². The Morgan fingerprint density at radius 1 is 1.14 bits per heavy atom. The average molecular weight is 418 g/mol. The highest BCUT2D eigenvalue weighted by molar-refractivity contribution is 6.44. The molecule has 2 aromatic rings. The fourth-order valence-electron chi connectivity index (χ4n) is 3.57. The molecular formula is C22H21Cl2NO3. The van der Waals surface area contributed by atoms with Crippen molar-refractivity contribution in [3.63, 3.8) is 0 Å². The van der Waals surface area contributed by atoms with Crippen LogP contribution in [0.4, 0.5) is 0 Å². The molecule has 0 heterocycles. The van der Waals surface area contributed by atoms with Gasteiger partial charge in [-0.25, -0.2) is 0 Å². The van der Waals surface area contributed by atoms with E-state index in [1.165, 1.54) is 0 Å². The molecule has 1 aliphatic rings. The monoisotopic (exact) mass is 417 g/mol. The van der Waals surface area contributed by atoms with Gasteiger partial charge in [-0.1, -0.05) is 44.2 Å². The van der Waals surface area contributed by atoms with E-state index >= 15 is 0 Å². The smallest absolute Gasteiger partial charge is 0.311 e. The summed E-state index contributed by atoms with van der Waals surface area (Å²) in [4.78, 5) is 12.1. The first-order valence-electron chi connectivity index (χ1n) is 9.04. The predicted octanol–water partition coefficient (Wildman–Crippen LogP) is 6.05. The van der Waals surface area contributed by atoms with E-state index in [-0.39, 0.29) is 17.3 Å². The summed E-state index contributed by atoms with van der Waals surface area (Å²) in [5.74, 6) is 0.588. The fourth-order valence-corrected chi connectivity index (χ4v) is 3.95. The van der Waals surface area contributed by atoms with Gasteiger partial charge in [-0.2, -0.15) is 5.26 Å². The summed E-state index contributed by atoms with van der Waals surface area (Å²) in [5.41, 5.74) is 0.323. The number of hydrogen-bond acceptors (Lipinski definition) is 4. The van der Waals surface area contributed by atoms with Crippen LogP contribution in [0.3, 0.4) is 0 Å². The number of nitrogens with zero attached hydrogens (tertiary/aromatic N) is 1. The zero-order chi connectivity index (χ0) is 20.3. The number of benzene rings is 2. The maximum atomic E-state index is 12.6. The Morgan fingerprint density at radius 3 is 2.46 bits per heavy atom. The highest BCUT2D eigenvalue weighted by Gasteiger charge is 2.62. The molecule has 0 saturated heterocycles. The van der Waals surface area contributed by atoms with Crippen LogP contribution in [0.1, 0.15) is 31.9 Å². The van der Waals surface area contributed by atoms with E-state index < -0.39 is 16.9 Å². The van der Waals surface area contributed by atoms with Crippen LogP contribution in [0.15, 0.2) is 54.6 Å². The number of alkyl halides is 2. The molecule has 4 nitrogen and oxygen atoms in total. The lowest BCUT2D eigenvalue weighted by Gasteiger charge is -2.13. The Labute approximate surface area is 175 Å². The fraction of sp³-hybridized carbons (Fsp3) is 0.364. The van der Waals surface area contributed by atoms with Crippen molar-refractivity contribution in [1.29, 1.82) is 5.26 Å². The van der Waals surface area contributed by atoms with Crippen LogP contribution in [0.25, 0.3) is 0 Å². The number of carbonyl (C=O) groups is 1. The highest BCUT2D eigenvalue weighted by atomic mass is 35.5. The van der Waals surface area contributed by atoms with Crippen LogP contribution in [-0.4, -0.2) is 10.8 Å². The second-order valence-corrected chi connectivity index (χ2v) is 8.74. The molecule has 1 fully saturated rings. The molecule has 3 atom stereocenters. The number of ether oxygens (including phenoxy) is 2. The number of hydrogen-bond donors (Lipinski definition) is 0. The molecule has 0 radical (unpaired) electrons.